The first-order valence-electron chi connectivity index (χ1n) is 4.25. The molecule has 0 aromatic heterocycles. The van der Waals surface area contributed by atoms with Gasteiger partial charge in [-0.05, 0) is 23.7 Å². The van der Waals surface area contributed by atoms with Crippen LogP contribution in [-0.2, 0) is 0 Å². The van der Waals surface area contributed by atoms with Crippen LogP contribution in [0.25, 0.3) is 0 Å². The molecular formula is C9H19N. The van der Waals surface area contributed by atoms with Crippen molar-refractivity contribution >= 4 is 0 Å². The van der Waals surface area contributed by atoms with Gasteiger partial charge in [0.15, 0.2) is 0 Å². The van der Waals surface area contributed by atoms with Crippen LogP contribution >= 0.6 is 0 Å². The number of nitrogens with two attached hydrogens (primary N) is 1. The molecule has 0 aromatic rings. The molecule has 1 rings (SSSR count). The molecule has 0 radical (unpaired) electrons. The summed E-state index contributed by atoms with van der Waals surface area (Å²) < 4.78 is 0. The maximum Gasteiger partial charge on any atom is 0.0101 e. The molecule has 0 saturated heterocycles. The number of hydrogen-bond acceptors (Lipinski definition) is 1. The van der Waals surface area contributed by atoms with E-state index in [-0.39, 0.29) is 0 Å². The van der Waals surface area contributed by atoms with Gasteiger partial charge < -0.3 is 5.73 Å². The highest BCUT2D eigenvalue weighted by molar-refractivity contribution is 5.01. The molecule has 1 aliphatic carbocycles. The van der Waals surface area contributed by atoms with Crippen LogP contribution in [0.4, 0.5) is 0 Å². The van der Waals surface area contributed by atoms with Crippen molar-refractivity contribution < 1.29 is 0 Å². The predicted molar refractivity (Wildman–Crippen MR) is 44.7 cm³/mol. The van der Waals surface area contributed by atoms with Crippen molar-refractivity contribution in [2.45, 2.75) is 40.2 Å². The van der Waals surface area contributed by atoms with Crippen molar-refractivity contribution in [3.63, 3.8) is 0 Å². The van der Waals surface area contributed by atoms with E-state index in [0.717, 1.165) is 11.8 Å². The minimum absolute atomic E-state index is 0.417. The van der Waals surface area contributed by atoms with Crippen LogP contribution in [0, 0.1) is 17.3 Å². The van der Waals surface area contributed by atoms with Gasteiger partial charge in [-0.15, -0.1) is 0 Å². The molecular weight excluding hydrogens is 122 g/mol. The standard InChI is InChI=1S/C9H19N/c1-6(2)9(4)7(3)5-8(9)10/h6-8H,5,10H2,1-4H3. The molecule has 10 heavy (non-hydrogen) atoms. The van der Waals surface area contributed by atoms with E-state index in [1.165, 1.54) is 6.42 Å². The highest BCUT2D eigenvalue weighted by atomic mass is 14.8. The van der Waals surface area contributed by atoms with Gasteiger partial charge in [0.25, 0.3) is 0 Å². The first-order valence-corrected chi connectivity index (χ1v) is 4.25. The molecule has 3 atom stereocenters. The van der Waals surface area contributed by atoms with Gasteiger partial charge in [-0.1, -0.05) is 27.7 Å². The number of hydrogen-bond donors (Lipinski definition) is 1. The Kier molecular flexibility index (Phi) is 1.80. The first-order chi connectivity index (χ1) is 4.49. The zero-order valence-corrected chi connectivity index (χ0v) is 7.52. The third-order valence-electron chi connectivity index (χ3n) is 3.71. The van der Waals surface area contributed by atoms with E-state index >= 15 is 0 Å². The molecule has 0 amide bonds. The Labute approximate surface area is 64.0 Å². The monoisotopic (exact) mass is 141 g/mol. The van der Waals surface area contributed by atoms with Crippen LogP contribution < -0.4 is 5.73 Å². The topological polar surface area (TPSA) is 26.0 Å². The van der Waals surface area contributed by atoms with Gasteiger partial charge in [-0.2, -0.15) is 0 Å². The van der Waals surface area contributed by atoms with Crippen molar-refractivity contribution in [2.24, 2.45) is 23.0 Å². The molecule has 2 N–H and O–H groups in total. The summed E-state index contributed by atoms with van der Waals surface area (Å²) in [4.78, 5) is 0. The third-order valence-corrected chi connectivity index (χ3v) is 3.71. The lowest BCUT2D eigenvalue weighted by Crippen LogP contribution is -2.57. The van der Waals surface area contributed by atoms with Gasteiger partial charge in [0.05, 0.1) is 0 Å². The Morgan fingerprint density at radius 1 is 1.50 bits per heavy atom. The fourth-order valence-corrected chi connectivity index (χ4v) is 2.09. The smallest absolute Gasteiger partial charge is 0.0101 e. The van der Waals surface area contributed by atoms with Gasteiger partial charge in [-0.3, -0.25) is 0 Å². The molecule has 0 heterocycles. The maximum absolute atomic E-state index is 5.95. The minimum atomic E-state index is 0.417. The normalized spacial score (nSPS) is 47.4. The quantitative estimate of drug-likeness (QED) is 0.594. The maximum atomic E-state index is 5.95. The van der Waals surface area contributed by atoms with Crippen LogP contribution in [0.1, 0.15) is 34.1 Å². The van der Waals surface area contributed by atoms with Crippen molar-refractivity contribution in [3.05, 3.63) is 0 Å². The average Bonchev–Trinajstić information content (AvgIpc) is 1.86. The molecule has 0 aliphatic heterocycles. The SMILES string of the molecule is CC(C)C1(C)C(C)CC1N. The summed E-state index contributed by atoms with van der Waals surface area (Å²) in [6.45, 7) is 9.17. The highest BCUT2D eigenvalue weighted by Crippen LogP contribution is 2.50. The van der Waals surface area contributed by atoms with E-state index in [2.05, 4.69) is 27.7 Å². The van der Waals surface area contributed by atoms with Gasteiger partial charge in [0.2, 0.25) is 0 Å². The number of rotatable bonds is 1. The summed E-state index contributed by atoms with van der Waals surface area (Å²) in [6, 6.07) is 0.447. The Hall–Kier alpha value is -0.0400. The summed E-state index contributed by atoms with van der Waals surface area (Å²) in [5, 5.41) is 0. The van der Waals surface area contributed by atoms with Crippen molar-refractivity contribution in [1.29, 1.82) is 0 Å². The molecule has 3 unspecified atom stereocenters. The second-order valence-electron chi connectivity index (χ2n) is 4.26. The average molecular weight is 141 g/mol. The van der Waals surface area contributed by atoms with Crippen LogP contribution in [0.15, 0.2) is 0 Å². The summed E-state index contributed by atoms with van der Waals surface area (Å²) in [5.74, 6) is 1.55. The van der Waals surface area contributed by atoms with Crippen molar-refractivity contribution in [3.8, 4) is 0 Å². The lowest BCUT2D eigenvalue weighted by atomic mass is 9.53. The Bertz CT molecular complexity index is 111. The van der Waals surface area contributed by atoms with E-state index in [4.69, 9.17) is 5.73 Å². The van der Waals surface area contributed by atoms with Gasteiger partial charge in [0.1, 0.15) is 0 Å². The lowest BCUT2D eigenvalue weighted by Gasteiger charge is -2.54. The van der Waals surface area contributed by atoms with E-state index in [1.54, 1.807) is 0 Å². The predicted octanol–water partition coefficient (Wildman–Crippen LogP) is 2.02. The fraction of sp³-hybridized carbons (Fsp3) is 1.00. The second kappa shape index (κ2) is 2.23. The van der Waals surface area contributed by atoms with Gasteiger partial charge in [-0.25, -0.2) is 0 Å². The summed E-state index contributed by atoms with van der Waals surface area (Å²) in [5.41, 5.74) is 6.36. The fourth-order valence-electron chi connectivity index (χ4n) is 2.09. The molecule has 1 fully saturated rings. The highest BCUT2D eigenvalue weighted by Gasteiger charge is 2.48. The molecule has 0 bridgehead atoms. The molecule has 60 valence electrons. The Morgan fingerprint density at radius 2 is 2.00 bits per heavy atom. The minimum Gasteiger partial charge on any atom is -0.327 e. The van der Waals surface area contributed by atoms with Crippen LogP contribution in [0.5, 0.6) is 0 Å². The first kappa shape index (κ1) is 8.06. The lowest BCUT2D eigenvalue weighted by molar-refractivity contribution is -0.0154. The van der Waals surface area contributed by atoms with Crippen molar-refractivity contribution in [2.75, 3.05) is 0 Å². The van der Waals surface area contributed by atoms with Crippen LogP contribution in [-0.4, -0.2) is 6.04 Å². The summed E-state index contributed by atoms with van der Waals surface area (Å²) in [7, 11) is 0. The molecule has 1 saturated carbocycles. The second-order valence-corrected chi connectivity index (χ2v) is 4.26. The van der Waals surface area contributed by atoms with Crippen LogP contribution in [0.2, 0.25) is 0 Å². The van der Waals surface area contributed by atoms with E-state index < -0.39 is 0 Å². The third kappa shape index (κ3) is 0.800. The van der Waals surface area contributed by atoms with Crippen LogP contribution in [0.3, 0.4) is 0 Å². The van der Waals surface area contributed by atoms with E-state index in [9.17, 15) is 0 Å². The zero-order chi connectivity index (χ0) is 7.94. The Balaban J connectivity index is 2.66. The molecule has 0 spiro atoms. The van der Waals surface area contributed by atoms with E-state index in [0.29, 0.717) is 11.5 Å². The van der Waals surface area contributed by atoms with Gasteiger partial charge in [0, 0.05) is 6.04 Å². The zero-order valence-electron chi connectivity index (χ0n) is 7.52. The van der Waals surface area contributed by atoms with Crippen molar-refractivity contribution in [1.82, 2.24) is 0 Å². The molecule has 0 aromatic carbocycles. The molecule has 1 heteroatoms. The van der Waals surface area contributed by atoms with E-state index in [1.807, 2.05) is 0 Å². The molecule has 1 aliphatic rings. The van der Waals surface area contributed by atoms with Gasteiger partial charge >= 0.3 is 0 Å². The Morgan fingerprint density at radius 3 is 2.10 bits per heavy atom. The summed E-state index contributed by atoms with van der Waals surface area (Å²) >= 11 is 0. The largest absolute Gasteiger partial charge is 0.327 e. The summed E-state index contributed by atoms with van der Waals surface area (Å²) in [6.07, 6.45) is 1.22. The molecule has 1 nitrogen and oxygen atoms in total.